The lowest BCUT2D eigenvalue weighted by molar-refractivity contribution is -0.884. The molecule has 126 valence electrons. The lowest BCUT2D eigenvalue weighted by atomic mass is 10.1. The Morgan fingerprint density at radius 1 is 1.39 bits per heavy atom. The molecule has 1 aliphatic rings. The van der Waals surface area contributed by atoms with Crippen molar-refractivity contribution in [2.24, 2.45) is 0 Å². The third kappa shape index (κ3) is 5.26. The number of ether oxygens (including phenoxy) is 2. The summed E-state index contributed by atoms with van der Waals surface area (Å²) < 4.78 is 11.2. The van der Waals surface area contributed by atoms with Crippen molar-refractivity contribution in [3.05, 3.63) is 29.8 Å². The number of methoxy groups -OCH3 is 1. The molecule has 1 aromatic carbocycles. The molecular weight excluding hydrogens is 296 g/mol. The summed E-state index contributed by atoms with van der Waals surface area (Å²) in [6.45, 7) is 5.81. The smallest absolute Gasteiger partial charge is 0.168 e. The van der Waals surface area contributed by atoms with E-state index in [2.05, 4.69) is 11.9 Å². The molecule has 0 aliphatic carbocycles. The van der Waals surface area contributed by atoms with Crippen molar-refractivity contribution in [3.63, 3.8) is 0 Å². The van der Waals surface area contributed by atoms with Gasteiger partial charge in [0, 0.05) is 25.2 Å². The standard InChI is InChI=1S/C17H24N2O4/c1-18-8-10-19(11-9-18)12-13-23-17-14(6-7-16(20)21)4-3-5-15(17)22-2/h3-7H,8-13H2,1-2H3,(H,20,21)/b7-6+. The van der Waals surface area contributed by atoms with Gasteiger partial charge in [0.2, 0.25) is 0 Å². The molecule has 0 spiro atoms. The maximum absolute atomic E-state index is 10.6. The molecule has 0 radical (unpaired) electrons. The molecule has 1 aromatic rings. The van der Waals surface area contributed by atoms with Crippen molar-refractivity contribution in [2.75, 3.05) is 53.5 Å². The molecule has 0 saturated carbocycles. The van der Waals surface area contributed by atoms with Crippen LogP contribution in [0.15, 0.2) is 24.3 Å². The first kappa shape index (κ1) is 17.3. The van der Waals surface area contributed by atoms with Gasteiger partial charge in [-0.15, -0.1) is 0 Å². The van der Waals surface area contributed by atoms with Gasteiger partial charge in [0.25, 0.3) is 0 Å². The first-order valence-electron chi connectivity index (χ1n) is 7.82. The number of hydrogen-bond acceptors (Lipinski definition) is 5. The highest BCUT2D eigenvalue weighted by Gasteiger charge is 2.16. The number of para-hydroxylation sites is 1. The third-order valence-electron chi connectivity index (χ3n) is 3.99. The van der Waals surface area contributed by atoms with Gasteiger partial charge in [0.1, 0.15) is 6.61 Å². The van der Waals surface area contributed by atoms with Gasteiger partial charge >= 0.3 is 0 Å². The highest BCUT2D eigenvalue weighted by atomic mass is 16.5. The van der Waals surface area contributed by atoms with E-state index in [-0.39, 0.29) is 0 Å². The van der Waals surface area contributed by atoms with Crippen LogP contribution in [0, 0.1) is 0 Å². The van der Waals surface area contributed by atoms with Gasteiger partial charge < -0.3 is 24.3 Å². The number of carbonyl (C=O) groups excluding carboxylic acids is 1. The average molecular weight is 320 g/mol. The number of carboxylic acid groups (broad SMARTS) is 1. The number of aliphatic carboxylic acids is 1. The summed E-state index contributed by atoms with van der Waals surface area (Å²) in [5.74, 6) is -0.0840. The highest BCUT2D eigenvalue weighted by molar-refractivity contribution is 5.84. The molecule has 1 fully saturated rings. The highest BCUT2D eigenvalue weighted by Crippen LogP contribution is 2.31. The molecule has 0 aromatic heterocycles. The predicted octanol–water partition coefficient (Wildman–Crippen LogP) is -1.33. The largest absolute Gasteiger partial charge is 0.545 e. The molecule has 0 bridgehead atoms. The van der Waals surface area contributed by atoms with Gasteiger partial charge in [-0.05, 0) is 18.2 Å². The van der Waals surface area contributed by atoms with Crippen LogP contribution in [0.4, 0.5) is 0 Å². The van der Waals surface area contributed by atoms with Gasteiger partial charge in [-0.2, -0.15) is 0 Å². The quantitative estimate of drug-likeness (QED) is 0.631. The van der Waals surface area contributed by atoms with E-state index in [0.717, 1.165) is 38.8 Å². The molecule has 2 rings (SSSR count). The first-order valence-corrected chi connectivity index (χ1v) is 7.82. The average Bonchev–Trinajstić information content (AvgIpc) is 2.55. The number of benzene rings is 1. The third-order valence-corrected chi connectivity index (χ3v) is 3.99. The zero-order chi connectivity index (χ0) is 16.7. The van der Waals surface area contributed by atoms with Crippen molar-refractivity contribution in [1.29, 1.82) is 0 Å². The number of nitrogens with zero attached hydrogens (tertiary/aromatic N) is 1. The van der Waals surface area contributed by atoms with E-state index in [4.69, 9.17) is 9.47 Å². The number of hydrogen-bond donors (Lipinski definition) is 1. The van der Waals surface area contributed by atoms with E-state index in [1.807, 2.05) is 0 Å². The summed E-state index contributed by atoms with van der Waals surface area (Å²) in [6.07, 6.45) is 2.46. The number of rotatable bonds is 7. The van der Waals surface area contributed by atoms with Crippen LogP contribution in [0.5, 0.6) is 11.5 Å². The van der Waals surface area contributed by atoms with Crippen LogP contribution < -0.4 is 19.5 Å². The molecule has 6 heteroatoms. The van der Waals surface area contributed by atoms with Crippen LogP contribution in [-0.4, -0.2) is 64.4 Å². The maximum atomic E-state index is 10.6. The summed E-state index contributed by atoms with van der Waals surface area (Å²) in [5, 5.41) is 10.6. The molecule has 6 nitrogen and oxygen atoms in total. The normalized spacial score (nSPS) is 16.6. The summed E-state index contributed by atoms with van der Waals surface area (Å²) in [5.41, 5.74) is 0.663. The predicted molar refractivity (Wildman–Crippen MR) is 85.6 cm³/mol. The molecule has 0 atom stereocenters. The number of carboxylic acids is 1. The minimum absolute atomic E-state index is 0.533. The SMILES string of the molecule is COc1cccc(/C=C/C(=O)[O-])c1OCCN1CC[NH+](C)CC1. The van der Waals surface area contributed by atoms with Gasteiger partial charge in [-0.1, -0.05) is 12.1 Å². The van der Waals surface area contributed by atoms with Gasteiger partial charge in [-0.3, -0.25) is 4.90 Å². The minimum Gasteiger partial charge on any atom is -0.545 e. The molecular formula is C17H24N2O4. The Morgan fingerprint density at radius 3 is 2.78 bits per heavy atom. The Kier molecular flexibility index (Phi) is 6.43. The van der Waals surface area contributed by atoms with Crippen molar-refractivity contribution in [2.45, 2.75) is 0 Å². The van der Waals surface area contributed by atoms with E-state index < -0.39 is 5.97 Å². The van der Waals surface area contributed by atoms with Crippen LogP contribution in [0.25, 0.3) is 6.08 Å². The lowest BCUT2D eigenvalue weighted by Crippen LogP contribution is -3.12. The number of likely N-dealkylation sites (N-methyl/N-ethyl adjacent to an activating group) is 1. The maximum Gasteiger partial charge on any atom is 0.168 e. The Morgan fingerprint density at radius 2 is 2.13 bits per heavy atom. The summed E-state index contributed by atoms with van der Waals surface area (Å²) in [7, 11) is 3.77. The number of nitrogens with one attached hydrogen (secondary N) is 1. The fraction of sp³-hybridized carbons (Fsp3) is 0.471. The van der Waals surface area contributed by atoms with E-state index >= 15 is 0 Å². The minimum atomic E-state index is -1.24. The molecule has 0 amide bonds. The molecule has 1 heterocycles. The number of quaternary nitrogens is 1. The van der Waals surface area contributed by atoms with Gasteiger partial charge in [-0.25, -0.2) is 0 Å². The van der Waals surface area contributed by atoms with Crippen LogP contribution in [0.3, 0.4) is 0 Å². The Hall–Kier alpha value is -2.05. The van der Waals surface area contributed by atoms with Gasteiger partial charge in [0.05, 0.1) is 33.2 Å². The zero-order valence-electron chi connectivity index (χ0n) is 13.7. The molecule has 1 saturated heterocycles. The second kappa shape index (κ2) is 8.55. The fourth-order valence-electron chi connectivity index (χ4n) is 2.57. The second-order valence-corrected chi connectivity index (χ2v) is 5.68. The van der Waals surface area contributed by atoms with E-state index in [0.29, 0.717) is 23.7 Å². The van der Waals surface area contributed by atoms with Crippen LogP contribution in [-0.2, 0) is 4.79 Å². The van der Waals surface area contributed by atoms with E-state index in [1.165, 1.54) is 6.08 Å². The van der Waals surface area contributed by atoms with Crippen molar-refractivity contribution in [1.82, 2.24) is 4.90 Å². The molecule has 0 unspecified atom stereocenters. The number of piperazine rings is 1. The number of carbonyl (C=O) groups is 1. The summed E-state index contributed by atoms with van der Waals surface area (Å²) >= 11 is 0. The van der Waals surface area contributed by atoms with Crippen molar-refractivity contribution >= 4 is 12.0 Å². The summed E-state index contributed by atoms with van der Waals surface area (Å²) in [4.78, 5) is 14.5. The zero-order valence-corrected chi connectivity index (χ0v) is 13.7. The first-order chi connectivity index (χ1) is 11.1. The van der Waals surface area contributed by atoms with E-state index in [1.54, 1.807) is 30.2 Å². The molecule has 1 aliphatic heterocycles. The summed E-state index contributed by atoms with van der Waals surface area (Å²) in [6, 6.07) is 5.38. The van der Waals surface area contributed by atoms with Gasteiger partial charge in [0.15, 0.2) is 11.5 Å². The Bertz CT molecular complexity index is 552. The Labute approximate surface area is 136 Å². The topological polar surface area (TPSA) is 66.3 Å². The second-order valence-electron chi connectivity index (χ2n) is 5.68. The van der Waals surface area contributed by atoms with Crippen molar-refractivity contribution in [3.8, 4) is 11.5 Å². The molecule has 1 N–H and O–H groups in total. The van der Waals surface area contributed by atoms with Crippen molar-refractivity contribution < 1.29 is 24.3 Å². The monoisotopic (exact) mass is 320 g/mol. The molecule has 23 heavy (non-hydrogen) atoms. The van der Waals surface area contributed by atoms with E-state index in [9.17, 15) is 9.90 Å². The van der Waals surface area contributed by atoms with Crippen LogP contribution in [0.1, 0.15) is 5.56 Å². The fourth-order valence-corrected chi connectivity index (χ4v) is 2.57. The lowest BCUT2D eigenvalue weighted by Gasteiger charge is -2.29. The van der Waals surface area contributed by atoms with Crippen LogP contribution in [0.2, 0.25) is 0 Å². The van der Waals surface area contributed by atoms with Crippen LogP contribution >= 0.6 is 0 Å². The Balaban J connectivity index is 1.98.